The second-order valence-corrected chi connectivity index (χ2v) is 7.99. The maximum absolute atomic E-state index is 13.2. The minimum atomic E-state index is -3.43. The second kappa shape index (κ2) is 7.89. The van der Waals surface area contributed by atoms with Gasteiger partial charge in [0.1, 0.15) is 11.6 Å². The number of benzene rings is 2. The molecule has 0 N–H and O–H groups in total. The first-order chi connectivity index (χ1) is 13.2. The Labute approximate surface area is 160 Å². The predicted molar refractivity (Wildman–Crippen MR) is 97.3 cm³/mol. The summed E-state index contributed by atoms with van der Waals surface area (Å²) in [6, 6.07) is 9.71. The Kier molecular flexibility index (Phi) is 5.55. The molecule has 0 spiro atoms. The van der Waals surface area contributed by atoms with Crippen molar-refractivity contribution in [3.05, 3.63) is 77.2 Å². The van der Waals surface area contributed by atoms with Crippen molar-refractivity contribution in [1.29, 1.82) is 0 Å². The van der Waals surface area contributed by atoms with E-state index in [2.05, 4.69) is 0 Å². The first-order valence-electron chi connectivity index (χ1n) is 8.16. The average molecular weight is 407 g/mol. The van der Waals surface area contributed by atoms with E-state index in [1.807, 2.05) is 0 Å². The Morgan fingerprint density at radius 3 is 2.29 bits per heavy atom. The van der Waals surface area contributed by atoms with Crippen molar-refractivity contribution in [2.45, 2.75) is 6.04 Å². The van der Waals surface area contributed by atoms with Crippen molar-refractivity contribution >= 4 is 27.4 Å². The number of hydrogen-bond donors (Lipinski definition) is 0. The maximum Gasteiger partial charge on any atom is 0.338 e. The van der Waals surface area contributed by atoms with Gasteiger partial charge >= 0.3 is 5.97 Å². The fourth-order valence-corrected chi connectivity index (χ4v) is 4.05. The van der Waals surface area contributed by atoms with Gasteiger partial charge in [-0.15, -0.1) is 0 Å². The van der Waals surface area contributed by atoms with Crippen LogP contribution < -0.4 is 4.90 Å². The van der Waals surface area contributed by atoms with Gasteiger partial charge in [-0.1, -0.05) is 18.2 Å². The first-order valence-corrected chi connectivity index (χ1v) is 9.88. The lowest BCUT2D eigenvalue weighted by molar-refractivity contribution is -0.121. The van der Waals surface area contributed by atoms with Gasteiger partial charge in [0.2, 0.25) is 0 Å². The topological polar surface area (TPSA) is 80.8 Å². The minimum absolute atomic E-state index is 0.295. The molecule has 0 saturated carbocycles. The monoisotopic (exact) mass is 407 g/mol. The Bertz CT molecular complexity index is 1020. The van der Waals surface area contributed by atoms with Gasteiger partial charge in [-0.25, -0.2) is 22.0 Å². The smallest absolute Gasteiger partial charge is 0.338 e. The molecule has 0 bridgehead atoms. The number of rotatable bonds is 5. The second-order valence-electron chi connectivity index (χ2n) is 6.06. The van der Waals surface area contributed by atoms with E-state index in [1.54, 1.807) is 30.3 Å². The lowest BCUT2D eigenvalue weighted by atomic mass is 10.2. The van der Waals surface area contributed by atoms with Gasteiger partial charge in [0, 0.05) is 17.2 Å². The number of nitrogens with zero attached hydrogens (tertiary/aromatic N) is 1. The van der Waals surface area contributed by atoms with Crippen LogP contribution in [0.2, 0.25) is 0 Å². The van der Waals surface area contributed by atoms with Crippen LogP contribution in [-0.4, -0.2) is 38.7 Å². The molecule has 3 rings (SSSR count). The molecule has 6 nitrogen and oxygen atoms in total. The summed E-state index contributed by atoms with van der Waals surface area (Å²) in [5.74, 6) is -3.95. The molecule has 0 aromatic heterocycles. The van der Waals surface area contributed by atoms with Gasteiger partial charge in [-0.05, 0) is 30.3 Å². The van der Waals surface area contributed by atoms with Crippen LogP contribution in [0.25, 0.3) is 0 Å². The summed E-state index contributed by atoms with van der Waals surface area (Å²) >= 11 is 0. The molecule has 146 valence electrons. The number of ether oxygens (including phenoxy) is 1. The zero-order chi connectivity index (χ0) is 20.3. The molecule has 9 heteroatoms. The maximum atomic E-state index is 13.2. The zero-order valence-corrected chi connectivity index (χ0v) is 15.2. The lowest BCUT2D eigenvalue weighted by Gasteiger charge is -2.27. The summed E-state index contributed by atoms with van der Waals surface area (Å²) in [5.41, 5.74) is 0.0481. The van der Waals surface area contributed by atoms with Gasteiger partial charge in [0.05, 0.1) is 17.4 Å². The SMILES string of the molecule is O=C(OCC(=O)N(c1ccccc1)[C@@H]1C=CS(=O)(=O)C1)c1cc(F)cc(F)c1. The quantitative estimate of drug-likeness (QED) is 0.712. The number of para-hydroxylation sites is 1. The molecule has 1 aliphatic heterocycles. The first kappa shape index (κ1) is 19.7. The van der Waals surface area contributed by atoms with Gasteiger partial charge in [-0.2, -0.15) is 0 Å². The fraction of sp³-hybridized carbons (Fsp3) is 0.158. The zero-order valence-electron chi connectivity index (χ0n) is 14.4. The van der Waals surface area contributed by atoms with E-state index < -0.39 is 46.0 Å². The van der Waals surface area contributed by atoms with Crippen molar-refractivity contribution in [3.8, 4) is 0 Å². The summed E-state index contributed by atoms with van der Waals surface area (Å²) in [4.78, 5) is 25.9. The number of esters is 1. The number of amides is 1. The summed E-state index contributed by atoms with van der Waals surface area (Å²) in [6.07, 6.45) is 1.38. The number of halogens is 2. The molecule has 1 aliphatic rings. The predicted octanol–water partition coefficient (Wildman–Crippen LogP) is 2.47. The van der Waals surface area contributed by atoms with E-state index in [4.69, 9.17) is 4.74 Å². The molecule has 1 amide bonds. The van der Waals surface area contributed by atoms with Crippen LogP contribution in [0, 0.1) is 11.6 Å². The van der Waals surface area contributed by atoms with Crippen molar-refractivity contribution < 1.29 is 31.5 Å². The molecule has 0 fully saturated rings. The average Bonchev–Trinajstić information content (AvgIpc) is 2.99. The minimum Gasteiger partial charge on any atom is -0.452 e. The van der Waals surface area contributed by atoms with E-state index >= 15 is 0 Å². The lowest BCUT2D eigenvalue weighted by Crippen LogP contribution is -2.43. The van der Waals surface area contributed by atoms with Gasteiger partial charge < -0.3 is 9.64 Å². The van der Waals surface area contributed by atoms with E-state index in [9.17, 15) is 26.8 Å². The summed E-state index contributed by atoms with van der Waals surface area (Å²) < 4.78 is 54.8. The van der Waals surface area contributed by atoms with Gasteiger partial charge in [0.15, 0.2) is 16.4 Å². The van der Waals surface area contributed by atoms with Crippen LogP contribution in [-0.2, 0) is 19.4 Å². The van der Waals surface area contributed by atoms with E-state index in [0.717, 1.165) is 17.5 Å². The molecule has 0 aliphatic carbocycles. The number of hydrogen-bond acceptors (Lipinski definition) is 5. The standard InChI is InChI=1S/C19H15F2NO5S/c20-14-8-13(9-15(21)10-14)19(24)27-11-18(23)22(16-4-2-1-3-5-16)17-6-7-28(25,26)12-17/h1-10,17H,11-12H2/t17-/m1/s1. The highest BCUT2D eigenvalue weighted by Crippen LogP contribution is 2.23. The number of carbonyl (C=O) groups excluding carboxylic acids is 2. The third-order valence-corrected chi connectivity index (χ3v) is 5.35. The van der Waals surface area contributed by atoms with Crippen molar-refractivity contribution in [3.63, 3.8) is 0 Å². The molecular weight excluding hydrogens is 392 g/mol. The highest BCUT2D eigenvalue weighted by molar-refractivity contribution is 7.94. The largest absolute Gasteiger partial charge is 0.452 e. The highest BCUT2D eigenvalue weighted by atomic mass is 32.2. The van der Waals surface area contributed by atoms with Crippen molar-refractivity contribution in [1.82, 2.24) is 0 Å². The molecule has 2 aromatic carbocycles. The number of sulfone groups is 1. The van der Waals surface area contributed by atoms with Crippen LogP contribution in [0.1, 0.15) is 10.4 Å². The summed E-state index contributed by atoms with van der Waals surface area (Å²) in [5, 5.41) is 1.03. The Hall–Kier alpha value is -3.07. The van der Waals surface area contributed by atoms with Crippen molar-refractivity contribution in [2.75, 3.05) is 17.3 Å². The van der Waals surface area contributed by atoms with Crippen LogP contribution >= 0.6 is 0 Å². The highest BCUT2D eigenvalue weighted by Gasteiger charge is 2.31. The van der Waals surface area contributed by atoms with Crippen LogP contribution in [0.3, 0.4) is 0 Å². The normalized spacial score (nSPS) is 17.3. The van der Waals surface area contributed by atoms with Crippen LogP contribution in [0.15, 0.2) is 60.0 Å². The Morgan fingerprint density at radius 2 is 1.71 bits per heavy atom. The van der Waals surface area contributed by atoms with Gasteiger partial charge in [-0.3, -0.25) is 4.79 Å². The summed E-state index contributed by atoms with van der Waals surface area (Å²) in [6.45, 7) is -0.726. The molecule has 2 aromatic rings. The number of carbonyl (C=O) groups is 2. The van der Waals surface area contributed by atoms with E-state index in [0.29, 0.717) is 11.8 Å². The van der Waals surface area contributed by atoms with Crippen LogP contribution in [0.5, 0.6) is 0 Å². The van der Waals surface area contributed by atoms with E-state index in [1.165, 1.54) is 11.0 Å². The fourth-order valence-electron chi connectivity index (χ4n) is 2.78. The third-order valence-electron chi connectivity index (χ3n) is 3.97. The molecular formula is C19H15F2NO5S. The molecule has 28 heavy (non-hydrogen) atoms. The van der Waals surface area contributed by atoms with Crippen molar-refractivity contribution in [2.24, 2.45) is 0 Å². The molecule has 0 unspecified atom stereocenters. The molecule has 0 radical (unpaired) electrons. The van der Waals surface area contributed by atoms with Crippen LogP contribution in [0.4, 0.5) is 14.5 Å². The van der Waals surface area contributed by atoms with Gasteiger partial charge in [0.25, 0.3) is 5.91 Å². The summed E-state index contributed by atoms with van der Waals surface area (Å²) in [7, 11) is -3.43. The molecule has 1 atom stereocenters. The third kappa shape index (κ3) is 4.61. The Balaban J connectivity index is 1.76. The molecule has 0 saturated heterocycles. The molecule has 1 heterocycles. The van der Waals surface area contributed by atoms with E-state index in [-0.39, 0.29) is 11.3 Å². The number of anilines is 1. The Morgan fingerprint density at radius 1 is 1.07 bits per heavy atom.